The number of hydrogen-bond acceptors (Lipinski definition) is 8. The Balaban J connectivity index is 1.36. The molecule has 4 rings (SSSR count). The van der Waals surface area contributed by atoms with Gasteiger partial charge < -0.3 is 24.3 Å². The molecule has 2 aromatic heterocycles. The number of methoxy groups -OCH3 is 3. The second-order valence-electron chi connectivity index (χ2n) is 7.83. The van der Waals surface area contributed by atoms with Gasteiger partial charge in [-0.2, -0.15) is 5.10 Å². The summed E-state index contributed by atoms with van der Waals surface area (Å²) in [5.74, 6) is 1.30. The summed E-state index contributed by atoms with van der Waals surface area (Å²) in [5, 5.41) is 10.6. The van der Waals surface area contributed by atoms with Crippen molar-refractivity contribution in [3.8, 4) is 34.5 Å². The van der Waals surface area contributed by atoms with Gasteiger partial charge in [-0.15, -0.1) is 0 Å². The molecule has 2 heterocycles. The number of nitrogens with zero attached hydrogens (tertiary/aromatic N) is 3. The zero-order chi connectivity index (χ0) is 24.1. The Bertz CT molecular complexity index is 1100. The molecule has 3 aromatic rings. The SMILES string of the molecule is COc1cc(-c2cc(C(=O)NC3CCC(Oc4ncc(Cl)cn4)CC3)[nH]n2)cc(OC)c1OC. The summed E-state index contributed by atoms with van der Waals surface area (Å²) >= 11 is 5.80. The largest absolute Gasteiger partial charge is 0.493 e. The maximum absolute atomic E-state index is 12.8. The molecule has 180 valence electrons. The quantitative estimate of drug-likeness (QED) is 0.493. The van der Waals surface area contributed by atoms with Crippen LogP contribution in [0.1, 0.15) is 36.2 Å². The summed E-state index contributed by atoms with van der Waals surface area (Å²) in [6, 6.07) is 5.62. The number of carbonyl (C=O) groups is 1. The summed E-state index contributed by atoms with van der Waals surface area (Å²) in [7, 11) is 4.64. The number of aromatic nitrogens is 4. The van der Waals surface area contributed by atoms with Gasteiger partial charge in [-0.3, -0.25) is 9.89 Å². The van der Waals surface area contributed by atoms with Gasteiger partial charge >= 0.3 is 6.01 Å². The van der Waals surface area contributed by atoms with E-state index in [4.69, 9.17) is 30.5 Å². The maximum atomic E-state index is 12.8. The van der Waals surface area contributed by atoms with Crippen LogP contribution < -0.4 is 24.3 Å². The van der Waals surface area contributed by atoms with Gasteiger partial charge in [0, 0.05) is 11.6 Å². The van der Waals surface area contributed by atoms with Crippen molar-refractivity contribution >= 4 is 17.5 Å². The van der Waals surface area contributed by atoms with Crippen LogP contribution in [-0.2, 0) is 0 Å². The van der Waals surface area contributed by atoms with Crippen molar-refractivity contribution in [2.45, 2.75) is 37.8 Å². The second-order valence-corrected chi connectivity index (χ2v) is 8.27. The van der Waals surface area contributed by atoms with Crippen molar-refractivity contribution in [2.75, 3.05) is 21.3 Å². The highest BCUT2D eigenvalue weighted by molar-refractivity contribution is 6.30. The normalized spacial score (nSPS) is 17.6. The molecule has 0 unspecified atom stereocenters. The summed E-state index contributed by atoms with van der Waals surface area (Å²) in [5.41, 5.74) is 1.69. The molecular weight excluding hydrogens is 462 g/mol. The molecule has 1 fully saturated rings. The first-order valence-electron chi connectivity index (χ1n) is 10.8. The van der Waals surface area contributed by atoms with E-state index in [0.29, 0.717) is 39.7 Å². The average Bonchev–Trinajstić information content (AvgIpc) is 3.36. The number of carbonyl (C=O) groups excluding carboxylic acids is 1. The van der Waals surface area contributed by atoms with E-state index < -0.39 is 0 Å². The molecule has 0 atom stereocenters. The van der Waals surface area contributed by atoms with Gasteiger partial charge in [0.2, 0.25) is 5.75 Å². The molecule has 1 aliphatic rings. The monoisotopic (exact) mass is 487 g/mol. The van der Waals surface area contributed by atoms with Crippen molar-refractivity contribution < 1.29 is 23.7 Å². The van der Waals surface area contributed by atoms with Crippen LogP contribution in [0.2, 0.25) is 5.02 Å². The zero-order valence-electron chi connectivity index (χ0n) is 19.1. The summed E-state index contributed by atoms with van der Waals surface area (Å²) in [6.45, 7) is 0. The number of amides is 1. The summed E-state index contributed by atoms with van der Waals surface area (Å²) in [4.78, 5) is 20.9. The van der Waals surface area contributed by atoms with Crippen LogP contribution in [0.3, 0.4) is 0 Å². The Labute approximate surface area is 201 Å². The fourth-order valence-electron chi connectivity index (χ4n) is 3.91. The van der Waals surface area contributed by atoms with Crippen molar-refractivity contribution in [2.24, 2.45) is 0 Å². The van der Waals surface area contributed by atoms with E-state index in [9.17, 15) is 4.79 Å². The van der Waals surface area contributed by atoms with E-state index >= 15 is 0 Å². The molecule has 0 aliphatic heterocycles. The van der Waals surface area contributed by atoms with Gasteiger partial charge in [0.15, 0.2) is 11.5 Å². The molecule has 0 bridgehead atoms. The third kappa shape index (κ3) is 5.33. The Morgan fingerprint density at radius 2 is 1.65 bits per heavy atom. The minimum Gasteiger partial charge on any atom is -0.493 e. The number of hydrogen-bond donors (Lipinski definition) is 2. The van der Waals surface area contributed by atoms with Crippen molar-refractivity contribution in [3.63, 3.8) is 0 Å². The molecule has 34 heavy (non-hydrogen) atoms. The van der Waals surface area contributed by atoms with Crippen LogP contribution in [0.4, 0.5) is 0 Å². The Kier molecular flexibility index (Phi) is 7.36. The highest BCUT2D eigenvalue weighted by atomic mass is 35.5. The second kappa shape index (κ2) is 10.6. The standard InChI is InChI=1S/C23H26ClN5O5/c1-31-19-8-13(9-20(32-2)21(19)33-3)17-10-18(29-28-17)22(30)27-15-4-6-16(7-5-15)34-23-25-11-14(24)12-26-23/h8-12,15-16H,4-7H2,1-3H3,(H,27,30)(H,28,29). The van der Waals surface area contributed by atoms with Crippen molar-refractivity contribution in [3.05, 3.63) is 41.3 Å². The van der Waals surface area contributed by atoms with E-state index in [1.165, 1.54) is 12.4 Å². The molecule has 11 heteroatoms. The van der Waals surface area contributed by atoms with Gasteiger partial charge in [-0.05, 0) is 43.9 Å². The van der Waals surface area contributed by atoms with Crippen molar-refractivity contribution in [1.82, 2.24) is 25.5 Å². The lowest BCUT2D eigenvalue weighted by Gasteiger charge is -2.28. The van der Waals surface area contributed by atoms with Gasteiger partial charge in [0.25, 0.3) is 5.91 Å². The molecule has 0 radical (unpaired) electrons. The van der Waals surface area contributed by atoms with E-state index in [2.05, 4.69) is 25.5 Å². The minimum absolute atomic E-state index is 0.00752. The maximum Gasteiger partial charge on any atom is 0.316 e. The van der Waals surface area contributed by atoms with Crippen LogP contribution in [0.15, 0.2) is 30.6 Å². The van der Waals surface area contributed by atoms with Crippen LogP contribution in [-0.4, -0.2) is 59.5 Å². The molecular formula is C23H26ClN5O5. The third-order valence-electron chi connectivity index (χ3n) is 5.66. The number of H-pyrrole nitrogens is 1. The first-order valence-corrected chi connectivity index (χ1v) is 11.2. The highest BCUT2D eigenvalue weighted by Gasteiger charge is 2.25. The van der Waals surface area contributed by atoms with Crippen LogP contribution >= 0.6 is 11.6 Å². The molecule has 2 N–H and O–H groups in total. The van der Waals surface area contributed by atoms with Gasteiger partial charge in [-0.25, -0.2) is 9.97 Å². The van der Waals surface area contributed by atoms with Crippen LogP contribution in [0.5, 0.6) is 23.3 Å². The highest BCUT2D eigenvalue weighted by Crippen LogP contribution is 2.40. The zero-order valence-corrected chi connectivity index (χ0v) is 19.9. The fraction of sp³-hybridized carbons (Fsp3) is 0.391. The van der Waals surface area contributed by atoms with Crippen LogP contribution in [0, 0.1) is 0 Å². The van der Waals surface area contributed by atoms with E-state index in [1.54, 1.807) is 39.5 Å². The number of rotatable bonds is 8. The van der Waals surface area contributed by atoms with E-state index in [-0.39, 0.29) is 18.1 Å². The first-order chi connectivity index (χ1) is 16.5. The Hall–Kier alpha value is -3.53. The molecule has 0 spiro atoms. The lowest BCUT2D eigenvalue weighted by atomic mass is 9.93. The number of halogens is 1. The molecule has 1 aromatic carbocycles. The molecule has 1 aliphatic carbocycles. The van der Waals surface area contributed by atoms with Gasteiger partial charge in [0.05, 0.1) is 44.4 Å². The molecule has 10 nitrogen and oxygen atoms in total. The minimum atomic E-state index is -0.211. The van der Waals surface area contributed by atoms with E-state index in [0.717, 1.165) is 31.2 Å². The molecule has 1 amide bonds. The van der Waals surface area contributed by atoms with Gasteiger partial charge in [-0.1, -0.05) is 11.6 Å². The van der Waals surface area contributed by atoms with Crippen LogP contribution in [0.25, 0.3) is 11.3 Å². The first kappa shape index (κ1) is 23.6. The summed E-state index contributed by atoms with van der Waals surface area (Å²) in [6.07, 6.45) is 6.18. The third-order valence-corrected chi connectivity index (χ3v) is 5.86. The lowest BCUT2D eigenvalue weighted by Crippen LogP contribution is -2.40. The predicted molar refractivity (Wildman–Crippen MR) is 125 cm³/mol. The number of ether oxygens (including phenoxy) is 4. The molecule has 0 saturated heterocycles. The number of aromatic amines is 1. The van der Waals surface area contributed by atoms with Gasteiger partial charge in [0.1, 0.15) is 11.8 Å². The van der Waals surface area contributed by atoms with Crippen molar-refractivity contribution in [1.29, 1.82) is 0 Å². The lowest BCUT2D eigenvalue weighted by molar-refractivity contribution is 0.0880. The Morgan fingerprint density at radius 1 is 1.00 bits per heavy atom. The average molecular weight is 488 g/mol. The molecule has 1 saturated carbocycles. The predicted octanol–water partition coefficient (Wildman–Crippen LogP) is 3.67. The topological polar surface area (TPSA) is 120 Å². The fourth-order valence-corrected chi connectivity index (χ4v) is 4.01. The smallest absolute Gasteiger partial charge is 0.316 e. The number of benzene rings is 1. The summed E-state index contributed by atoms with van der Waals surface area (Å²) < 4.78 is 22.0. The number of nitrogens with one attached hydrogen (secondary N) is 2. The van der Waals surface area contributed by atoms with E-state index in [1.807, 2.05) is 0 Å². The Morgan fingerprint density at radius 3 is 2.24 bits per heavy atom.